The van der Waals surface area contributed by atoms with E-state index >= 15 is 0 Å². The number of halogens is 2. The Morgan fingerprint density at radius 2 is 2.18 bits per heavy atom. The summed E-state index contributed by atoms with van der Waals surface area (Å²) in [6, 6.07) is 7.18. The molecule has 3 rings (SSSR count). The van der Waals surface area contributed by atoms with Crippen LogP contribution >= 0.6 is 0 Å². The summed E-state index contributed by atoms with van der Waals surface area (Å²) in [5.74, 6) is -0.0248. The van der Waals surface area contributed by atoms with Gasteiger partial charge in [-0.3, -0.25) is 4.79 Å². The van der Waals surface area contributed by atoms with Gasteiger partial charge in [0.05, 0.1) is 11.4 Å². The fourth-order valence-electron chi connectivity index (χ4n) is 2.64. The fourth-order valence-corrected chi connectivity index (χ4v) is 2.64. The highest BCUT2D eigenvalue weighted by Crippen LogP contribution is 2.25. The molecule has 0 fully saturated rings. The zero-order valence-electron chi connectivity index (χ0n) is 11.7. The molecule has 0 radical (unpaired) electrons. The number of nitrogens with zero attached hydrogens (tertiary/aromatic N) is 2. The molecule has 0 spiro atoms. The number of ether oxygens (including phenoxy) is 1. The van der Waals surface area contributed by atoms with Crippen LogP contribution in [0.1, 0.15) is 30.1 Å². The van der Waals surface area contributed by atoms with Crippen molar-refractivity contribution in [1.29, 1.82) is 0 Å². The molecule has 1 aromatic carbocycles. The van der Waals surface area contributed by atoms with Gasteiger partial charge < -0.3 is 10.5 Å². The minimum absolute atomic E-state index is 0.0248. The quantitative estimate of drug-likeness (QED) is 0.943. The number of hydrogen-bond donors (Lipinski definition) is 1. The van der Waals surface area contributed by atoms with Crippen LogP contribution in [0.2, 0.25) is 0 Å². The zero-order chi connectivity index (χ0) is 15.7. The molecule has 5 nitrogen and oxygen atoms in total. The van der Waals surface area contributed by atoms with Gasteiger partial charge in [0.2, 0.25) is 0 Å². The van der Waals surface area contributed by atoms with Gasteiger partial charge in [-0.2, -0.15) is 18.6 Å². The molecule has 0 saturated carbocycles. The van der Waals surface area contributed by atoms with Crippen LogP contribution in [-0.2, 0) is 6.42 Å². The third-order valence-electron chi connectivity index (χ3n) is 3.64. The van der Waals surface area contributed by atoms with Crippen LogP contribution in [0.15, 0.2) is 35.1 Å². The molecule has 0 bridgehead atoms. The van der Waals surface area contributed by atoms with Crippen LogP contribution in [0.5, 0.6) is 5.75 Å². The van der Waals surface area contributed by atoms with Crippen molar-refractivity contribution in [1.82, 2.24) is 9.78 Å². The minimum atomic E-state index is -2.92. The van der Waals surface area contributed by atoms with Crippen molar-refractivity contribution in [3.8, 4) is 11.4 Å². The summed E-state index contributed by atoms with van der Waals surface area (Å²) in [7, 11) is 0. The lowest BCUT2D eigenvalue weighted by atomic mass is 9.93. The lowest BCUT2D eigenvalue weighted by Gasteiger charge is -2.21. The molecule has 1 unspecified atom stereocenters. The van der Waals surface area contributed by atoms with E-state index in [0.717, 1.165) is 24.8 Å². The molecular weight excluding hydrogens is 292 g/mol. The lowest BCUT2D eigenvalue weighted by molar-refractivity contribution is -0.0498. The molecule has 1 aromatic heterocycles. The number of nitrogens with two attached hydrogens (primary N) is 1. The smallest absolute Gasteiger partial charge is 0.387 e. The summed E-state index contributed by atoms with van der Waals surface area (Å²) in [5, 5.41) is 4.32. The van der Waals surface area contributed by atoms with E-state index in [-0.39, 0.29) is 17.4 Å². The highest BCUT2D eigenvalue weighted by Gasteiger charge is 2.20. The predicted octanol–water partition coefficient (Wildman–Crippen LogP) is 2.17. The van der Waals surface area contributed by atoms with Crippen molar-refractivity contribution in [3.05, 3.63) is 51.9 Å². The van der Waals surface area contributed by atoms with E-state index in [2.05, 4.69) is 9.84 Å². The maximum Gasteiger partial charge on any atom is 0.387 e. The Morgan fingerprint density at radius 1 is 1.36 bits per heavy atom. The largest absolute Gasteiger partial charge is 0.435 e. The summed E-state index contributed by atoms with van der Waals surface area (Å²) in [6.45, 7) is -2.92. The second-order valence-corrected chi connectivity index (χ2v) is 5.18. The maximum atomic E-state index is 12.3. The molecule has 2 N–H and O–H groups in total. The van der Waals surface area contributed by atoms with E-state index in [9.17, 15) is 13.6 Å². The summed E-state index contributed by atoms with van der Waals surface area (Å²) in [4.78, 5) is 12.2. The highest BCUT2D eigenvalue weighted by molar-refractivity contribution is 5.39. The summed E-state index contributed by atoms with van der Waals surface area (Å²) in [5.41, 5.74) is 7.63. The molecule has 0 amide bonds. The van der Waals surface area contributed by atoms with Gasteiger partial charge in [-0.15, -0.1) is 0 Å². The Bertz CT molecular complexity index is 746. The molecule has 7 heteroatoms. The Kier molecular flexibility index (Phi) is 3.89. The van der Waals surface area contributed by atoms with Crippen LogP contribution in [0.25, 0.3) is 5.69 Å². The highest BCUT2D eigenvalue weighted by atomic mass is 19.3. The van der Waals surface area contributed by atoms with Gasteiger partial charge in [0.15, 0.2) is 0 Å². The number of rotatable bonds is 3. The first kappa shape index (κ1) is 14.6. The maximum absolute atomic E-state index is 12.3. The van der Waals surface area contributed by atoms with Gasteiger partial charge in [-0.05, 0) is 37.0 Å². The third kappa shape index (κ3) is 2.85. The number of benzene rings is 1. The van der Waals surface area contributed by atoms with Crippen molar-refractivity contribution in [2.75, 3.05) is 0 Å². The standard InChI is InChI=1S/C15H15F2N3O2/c16-15(17)22-11-5-2-4-10(8-11)20-13(21)7-9-3-1-6-12(18)14(9)19-20/h2,4-5,7-8,12,15H,1,3,6,18H2. The van der Waals surface area contributed by atoms with Crippen LogP contribution in [0.3, 0.4) is 0 Å². The number of alkyl halides is 2. The van der Waals surface area contributed by atoms with Crippen LogP contribution in [-0.4, -0.2) is 16.4 Å². The zero-order valence-corrected chi connectivity index (χ0v) is 11.7. The molecule has 1 aliphatic rings. The monoisotopic (exact) mass is 307 g/mol. The topological polar surface area (TPSA) is 70.1 Å². The Balaban J connectivity index is 2.05. The molecule has 0 aliphatic heterocycles. The Morgan fingerprint density at radius 3 is 2.95 bits per heavy atom. The van der Waals surface area contributed by atoms with E-state index in [1.54, 1.807) is 6.07 Å². The van der Waals surface area contributed by atoms with Crippen LogP contribution in [0, 0.1) is 0 Å². The second-order valence-electron chi connectivity index (χ2n) is 5.18. The van der Waals surface area contributed by atoms with Crippen molar-refractivity contribution in [2.45, 2.75) is 31.9 Å². The summed E-state index contributed by atoms with van der Waals surface area (Å²) < 4.78 is 30.1. The summed E-state index contributed by atoms with van der Waals surface area (Å²) in [6.07, 6.45) is 2.52. The number of aryl methyl sites for hydroxylation is 1. The van der Waals surface area contributed by atoms with Crippen molar-refractivity contribution < 1.29 is 13.5 Å². The first-order valence-corrected chi connectivity index (χ1v) is 6.98. The number of fused-ring (bicyclic) bond motifs is 1. The van der Waals surface area contributed by atoms with Gasteiger partial charge in [0.25, 0.3) is 5.56 Å². The van der Waals surface area contributed by atoms with E-state index in [4.69, 9.17) is 5.73 Å². The summed E-state index contributed by atoms with van der Waals surface area (Å²) >= 11 is 0. The molecule has 1 heterocycles. The molecule has 1 aliphatic carbocycles. The van der Waals surface area contributed by atoms with Gasteiger partial charge in [-0.1, -0.05) is 6.07 Å². The van der Waals surface area contributed by atoms with Crippen molar-refractivity contribution >= 4 is 0 Å². The second kappa shape index (κ2) is 5.84. The van der Waals surface area contributed by atoms with Crippen molar-refractivity contribution in [2.24, 2.45) is 5.73 Å². The first-order chi connectivity index (χ1) is 10.5. The van der Waals surface area contributed by atoms with Gasteiger partial charge in [0, 0.05) is 18.2 Å². The average molecular weight is 307 g/mol. The fraction of sp³-hybridized carbons (Fsp3) is 0.333. The first-order valence-electron chi connectivity index (χ1n) is 6.98. The minimum Gasteiger partial charge on any atom is -0.435 e. The molecule has 0 saturated heterocycles. The van der Waals surface area contributed by atoms with E-state index in [0.29, 0.717) is 11.4 Å². The molecule has 1 atom stereocenters. The van der Waals surface area contributed by atoms with Gasteiger partial charge in [-0.25, -0.2) is 0 Å². The average Bonchev–Trinajstić information content (AvgIpc) is 2.46. The molecule has 116 valence electrons. The SMILES string of the molecule is NC1CCCc2cc(=O)n(-c3cccc(OC(F)F)c3)nc21. The normalized spacial score (nSPS) is 17.4. The molecular formula is C15H15F2N3O2. The third-order valence-corrected chi connectivity index (χ3v) is 3.64. The van der Waals surface area contributed by atoms with Gasteiger partial charge >= 0.3 is 6.61 Å². The van der Waals surface area contributed by atoms with Crippen LogP contribution < -0.4 is 16.0 Å². The van der Waals surface area contributed by atoms with E-state index < -0.39 is 6.61 Å². The molecule has 2 aromatic rings. The van der Waals surface area contributed by atoms with Gasteiger partial charge in [0.1, 0.15) is 5.75 Å². The van der Waals surface area contributed by atoms with E-state index in [1.165, 1.54) is 28.9 Å². The van der Waals surface area contributed by atoms with Crippen molar-refractivity contribution in [3.63, 3.8) is 0 Å². The Labute approximate surface area is 125 Å². The van der Waals surface area contributed by atoms with E-state index in [1.807, 2.05) is 0 Å². The molecule has 22 heavy (non-hydrogen) atoms. The lowest BCUT2D eigenvalue weighted by Crippen LogP contribution is -2.28. The predicted molar refractivity (Wildman–Crippen MR) is 76.3 cm³/mol. The Hall–Kier alpha value is -2.28. The number of hydrogen-bond acceptors (Lipinski definition) is 4. The number of aromatic nitrogens is 2. The van der Waals surface area contributed by atoms with Crippen LogP contribution in [0.4, 0.5) is 8.78 Å².